The van der Waals surface area contributed by atoms with Gasteiger partial charge in [0.05, 0.1) is 5.02 Å². The Morgan fingerprint density at radius 1 is 1.44 bits per heavy atom. The van der Waals surface area contributed by atoms with Gasteiger partial charge in [-0.1, -0.05) is 17.7 Å². The third kappa shape index (κ3) is 3.13. The summed E-state index contributed by atoms with van der Waals surface area (Å²) in [5, 5.41) is 8.98. The van der Waals surface area contributed by atoms with E-state index in [1.54, 1.807) is 6.07 Å². The van der Waals surface area contributed by atoms with Gasteiger partial charge in [-0.25, -0.2) is 9.18 Å². The number of nitrogens with zero attached hydrogens (tertiary/aromatic N) is 1. The van der Waals surface area contributed by atoms with Crippen LogP contribution in [0.15, 0.2) is 18.2 Å². The van der Waals surface area contributed by atoms with Crippen molar-refractivity contribution >= 4 is 17.7 Å². The summed E-state index contributed by atoms with van der Waals surface area (Å²) in [5.74, 6) is 0.0262. The highest BCUT2D eigenvalue weighted by molar-refractivity contribution is 6.30. The summed E-state index contributed by atoms with van der Waals surface area (Å²) >= 11 is 5.63. The minimum Gasteiger partial charge on any atom is -0.465 e. The molecule has 18 heavy (non-hydrogen) atoms. The molecular weight excluding hydrogens is 257 g/mol. The van der Waals surface area contributed by atoms with E-state index in [1.165, 1.54) is 11.0 Å². The maximum absolute atomic E-state index is 13.3. The number of benzene rings is 1. The summed E-state index contributed by atoms with van der Waals surface area (Å²) in [7, 11) is 0. The van der Waals surface area contributed by atoms with Gasteiger partial charge < -0.3 is 10.0 Å². The summed E-state index contributed by atoms with van der Waals surface area (Å²) in [5.41, 5.74) is 0.922. The molecule has 0 atom stereocenters. The molecule has 98 valence electrons. The maximum Gasteiger partial charge on any atom is 0.407 e. The minimum atomic E-state index is -0.856. The minimum absolute atomic E-state index is 0.138. The Bertz CT molecular complexity index is 445. The molecule has 1 aromatic rings. The van der Waals surface area contributed by atoms with Crippen molar-refractivity contribution in [1.29, 1.82) is 0 Å². The molecule has 5 heteroatoms. The van der Waals surface area contributed by atoms with E-state index in [2.05, 4.69) is 0 Å². The van der Waals surface area contributed by atoms with E-state index < -0.39 is 11.9 Å². The topological polar surface area (TPSA) is 40.5 Å². The summed E-state index contributed by atoms with van der Waals surface area (Å²) in [6, 6.07) is 4.86. The normalized spacial score (nSPS) is 16.9. The lowest BCUT2D eigenvalue weighted by Crippen LogP contribution is -2.37. The van der Waals surface area contributed by atoms with Crippen molar-refractivity contribution in [3.8, 4) is 0 Å². The molecule has 0 unspecified atom stereocenters. The molecule has 1 aliphatic rings. The first-order chi connectivity index (χ1) is 8.56. The van der Waals surface area contributed by atoms with Crippen LogP contribution in [0.2, 0.25) is 5.02 Å². The number of hydrogen-bond donors (Lipinski definition) is 1. The SMILES string of the molecule is O=C(O)N1CCC(Cc2ccc(Cl)c(F)c2)CC1. The number of piperidine rings is 1. The van der Waals surface area contributed by atoms with E-state index in [4.69, 9.17) is 16.7 Å². The second-order valence-electron chi connectivity index (χ2n) is 4.67. The fourth-order valence-corrected chi connectivity index (χ4v) is 2.45. The first-order valence-corrected chi connectivity index (χ1v) is 6.36. The Morgan fingerprint density at radius 2 is 2.11 bits per heavy atom. The zero-order chi connectivity index (χ0) is 13.1. The van der Waals surface area contributed by atoms with Crippen LogP contribution in [0.1, 0.15) is 18.4 Å². The van der Waals surface area contributed by atoms with Crippen LogP contribution in [-0.2, 0) is 6.42 Å². The van der Waals surface area contributed by atoms with Crippen LogP contribution >= 0.6 is 11.6 Å². The molecule has 1 aromatic carbocycles. The van der Waals surface area contributed by atoms with Crippen molar-refractivity contribution < 1.29 is 14.3 Å². The molecule has 1 fully saturated rings. The number of rotatable bonds is 2. The lowest BCUT2D eigenvalue weighted by atomic mass is 9.90. The van der Waals surface area contributed by atoms with Crippen molar-refractivity contribution in [3.05, 3.63) is 34.6 Å². The fourth-order valence-electron chi connectivity index (χ4n) is 2.33. The number of amides is 1. The average molecular weight is 272 g/mol. The van der Waals surface area contributed by atoms with Crippen LogP contribution in [0.5, 0.6) is 0 Å². The first-order valence-electron chi connectivity index (χ1n) is 5.98. The summed E-state index contributed by atoms with van der Waals surface area (Å²) in [6.07, 6.45) is 1.58. The van der Waals surface area contributed by atoms with Gasteiger partial charge in [-0.05, 0) is 42.9 Å². The predicted molar refractivity (Wildman–Crippen MR) is 67.4 cm³/mol. The quantitative estimate of drug-likeness (QED) is 0.895. The molecule has 0 spiro atoms. The van der Waals surface area contributed by atoms with E-state index in [0.29, 0.717) is 19.0 Å². The van der Waals surface area contributed by atoms with Gasteiger partial charge in [-0.3, -0.25) is 0 Å². The Balaban J connectivity index is 1.91. The fraction of sp³-hybridized carbons (Fsp3) is 0.462. The number of carboxylic acid groups (broad SMARTS) is 1. The first kappa shape index (κ1) is 13.1. The lowest BCUT2D eigenvalue weighted by molar-refractivity contribution is 0.124. The van der Waals surface area contributed by atoms with E-state index in [-0.39, 0.29) is 5.02 Å². The molecule has 1 heterocycles. The smallest absolute Gasteiger partial charge is 0.407 e. The Labute approximate surface area is 110 Å². The summed E-state index contributed by atoms with van der Waals surface area (Å²) in [4.78, 5) is 12.2. The van der Waals surface area contributed by atoms with Gasteiger partial charge in [0.15, 0.2) is 0 Å². The molecule has 0 aromatic heterocycles. The average Bonchev–Trinajstić information content (AvgIpc) is 2.34. The van der Waals surface area contributed by atoms with Crippen LogP contribution in [0.3, 0.4) is 0 Å². The standard InChI is InChI=1S/C13H15ClFNO2/c14-11-2-1-10(8-12(11)15)7-9-3-5-16(6-4-9)13(17)18/h1-2,8-9H,3-7H2,(H,17,18). The van der Waals surface area contributed by atoms with Gasteiger partial charge in [0.2, 0.25) is 0 Å². The second-order valence-corrected chi connectivity index (χ2v) is 5.07. The van der Waals surface area contributed by atoms with Gasteiger partial charge in [0.25, 0.3) is 0 Å². The molecule has 1 amide bonds. The van der Waals surface area contributed by atoms with Crippen LogP contribution < -0.4 is 0 Å². The molecule has 1 saturated heterocycles. The van der Waals surface area contributed by atoms with Gasteiger partial charge in [-0.2, -0.15) is 0 Å². The Morgan fingerprint density at radius 3 is 2.67 bits per heavy atom. The highest BCUT2D eigenvalue weighted by Gasteiger charge is 2.22. The van der Waals surface area contributed by atoms with Gasteiger partial charge in [0.1, 0.15) is 5.82 Å². The third-order valence-electron chi connectivity index (χ3n) is 3.39. The monoisotopic (exact) mass is 271 g/mol. The van der Waals surface area contributed by atoms with Crippen LogP contribution in [-0.4, -0.2) is 29.2 Å². The second kappa shape index (κ2) is 5.57. The zero-order valence-electron chi connectivity index (χ0n) is 9.90. The van der Waals surface area contributed by atoms with Crippen LogP contribution in [0.4, 0.5) is 9.18 Å². The Kier molecular flexibility index (Phi) is 4.07. The molecule has 0 saturated carbocycles. The van der Waals surface area contributed by atoms with Crippen LogP contribution in [0, 0.1) is 11.7 Å². The maximum atomic E-state index is 13.3. The highest BCUT2D eigenvalue weighted by atomic mass is 35.5. The van der Waals surface area contributed by atoms with Crippen molar-refractivity contribution in [1.82, 2.24) is 4.90 Å². The third-order valence-corrected chi connectivity index (χ3v) is 3.70. The van der Waals surface area contributed by atoms with Crippen molar-refractivity contribution in [2.45, 2.75) is 19.3 Å². The molecule has 1 aliphatic heterocycles. The molecule has 0 radical (unpaired) electrons. The summed E-state index contributed by atoms with van der Waals surface area (Å²) < 4.78 is 13.3. The van der Waals surface area contributed by atoms with E-state index in [0.717, 1.165) is 24.8 Å². The molecule has 0 bridgehead atoms. The van der Waals surface area contributed by atoms with E-state index in [1.807, 2.05) is 6.07 Å². The highest BCUT2D eigenvalue weighted by Crippen LogP contribution is 2.23. The largest absolute Gasteiger partial charge is 0.465 e. The number of likely N-dealkylation sites (tertiary alicyclic amines) is 1. The summed E-state index contributed by atoms with van der Waals surface area (Å²) in [6.45, 7) is 1.13. The van der Waals surface area contributed by atoms with Gasteiger partial charge in [0, 0.05) is 13.1 Å². The molecule has 0 aliphatic carbocycles. The molecular formula is C13H15ClFNO2. The number of carbonyl (C=O) groups is 1. The number of hydrogen-bond acceptors (Lipinski definition) is 1. The van der Waals surface area contributed by atoms with Crippen molar-refractivity contribution in [2.75, 3.05) is 13.1 Å². The number of halogens is 2. The predicted octanol–water partition coefficient (Wildman–Crippen LogP) is 3.41. The Hall–Kier alpha value is -1.29. The van der Waals surface area contributed by atoms with Crippen molar-refractivity contribution in [3.63, 3.8) is 0 Å². The molecule has 1 N–H and O–H groups in total. The molecule has 3 nitrogen and oxygen atoms in total. The van der Waals surface area contributed by atoms with E-state index >= 15 is 0 Å². The lowest BCUT2D eigenvalue weighted by Gasteiger charge is -2.30. The van der Waals surface area contributed by atoms with Gasteiger partial charge in [-0.15, -0.1) is 0 Å². The zero-order valence-corrected chi connectivity index (χ0v) is 10.7. The van der Waals surface area contributed by atoms with Gasteiger partial charge >= 0.3 is 6.09 Å². The molecule has 2 rings (SSSR count). The van der Waals surface area contributed by atoms with Crippen molar-refractivity contribution in [2.24, 2.45) is 5.92 Å². The van der Waals surface area contributed by atoms with Crippen LogP contribution in [0.25, 0.3) is 0 Å². The van der Waals surface area contributed by atoms with E-state index in [9.17, 15) is 9.18 Å².